The first kappa shape index (κ1) is 28.0. The van der Waals surface area contributed by atoms with E-state index in [9.17, 15) is 9.59 Å². The predicted octanol–water partition coefficient (Wildman–Crippen LogP) is 5.92. The second-order valence-electron chi connectivity index (χ2n) is 11.5. The van der Waals surface area contributed by atoms with Gasteiger partial charge in [0.2, 0.25) is 5.91 Å². The molecule has 196 valence electrons. The fourth-order valence-corrected chi connectivity index (χ4v) is 4.07. The molecule has 0 radical (unpaired) electrons. The number of rotatable bonds is 9. The summed E-state index contributed by atoms with van der Waals surface area (Å²) in [5.74, 6) is 0.198. The Morgan fingerprint density at radius 3 is 1.84 bits per heavy atom. The highest BCUT2D eigenvalue weighted by molar-refractivity contribution is 5.89. The maximum absolute atomic E-state index is 13.7. The molecule has 3 rings (SSSR count). The third-order valence-electron chi connectivity index (χ3n) is 6.05. The molecule has 0 saturated carbocycles. The Kier molecular flexibility index (Phi) is 9.14. The second kappa shape index (κ2) is 12.1. The molecule has 0 aromatic heterocycles. The largest absolute Gasteiger partial charge is 0.484 e. The summed E-state index contributed by atoms with van der Waals surface area (Å²) in [6.45, 7) is 12.4. The van der Waals surface area contributed by atoms with Crippen LogP contribution in [0, 0.1) is 0 Å². The minimum atomic E-state index is -0.693. The normalized spacial score (nSPS) is 12.5. The summed E-state index contributed by atoms with van der Waals surface area (Å²) in [6.07, 6.45) is 0.404. The van der Waals surface area contributed by atoms with Gasteiger partial charge < -0.3 is 15.0 Å². The average molecular weight is 501 g/mol. The third kappa shape index (κ3) is 8.78. The Balaban J connectivity index is 1.87. The van der Waals surface area contributed by atoms with Crippen molar-refractivity contribution >= 4 is 11.8 Å². The molecule has 0 unspecified atom stereocenters. The minimum Gasteiger partial charge on any atom is -0.484 e. The summed E-state index contributed by atoms with van der Waals surface area (Å²) in [6, 6.07) is 26.7. The number of nitrogens with one attached hydrogen (secondary N) is 1. The van der Waals surface area contributed by atoms with E-state index in [0.29, 0.717) is 18.7 Å². The zero-order valence-corrected chi connectivity index (χ0v) is 23.0. The lowest BCUT2D eigenvalue weighted by Crippen LogP contribution is -2.55. The van der Waals surface area contributed by atoms with Gasteiger partial charge in [0, 0.05) is 18.5 Å². The van der Waals surface area contributed by atoms with E-state index < -0.39 is 11.6 Å². The maximum Gasteiger partial charge on any atom is 0.261 e. The first-order valence-corrected chi connectivity index (χ1v) is 12.8. The Labute approximate surface area is 221 Å². The van der Waals surface area contributed by atoms with Crippen LogP contribution < -0.4 is 10.1 Å². The summed E-state index contributed by atoms with van der Waals surface area (Å²) in [4.78, 5) is 28.9. The van der Waals surface area contributed by atoms with Crippen LogP contribution >= 0.6 is 0 Å². The monoisotopic (exact) mass is 500 g/mol. The van der Waals surface area contributed by atoms with Crippen LogP contribution in [0.15, 0.2) is 84.9 Å². The molecule has 3 aromatic carbocycles. The molecule has 0 aliphatic rings. The lowest BCUT2D eigenvalue weighted by molar-refractivity contribution is -0.143. The van der Waals surface area contributed by atoms with Gasteiger partial charge in [-0.1, -0.05) is 93.6 Å². The van der Waals surface area contributed by atoms with Gasteiger partial charge in [0.1, 0.15) is 11.8 Å². The van der Waals surface area contributed by atoms with Gasteiger partial charge in [-0.25, -0.2) is 0 Å². The predicted molar refractivity (Wildman–Crippen MR) is 149 cm³/mol. The molecule has 0 spiro atoms. The average Bonchev–Trinajstić information content (AvgIpc) is 2.84. The Bertz CT molecular complexity index is 1140. The van der Waals surface area contributed by atoms with Gasteiger partial charge in [-0.05, 0) is 55.0 Å². The van der Waals surface area contributed by atoms with Crippen LogP contribution in [0.5, 0.6) is 5.75 Å². The second-order valence-corrected chi connectivity index (χ2v) is 11.5. The highest BCUT2D eigenvalue weighted by Crippen LogP contribution is 2.24. The van der Waals surface area contributed by atoms with Crippen molar-refractivity contribution in [1.82, 2.24) is 10.2 Å². The van der Waals surface area contributed by atoms with Crippen molar-refractivity contribution in [1.29, 1.82) is 0 Å². The van der Waals surface area contributed by atoms with Crippen LogP contribution in [0.25, 0.3) is 0 Å². The molecule has 0 heterocycles. The molecule has 2 amide bonds. The summed E-state index contributed by atoms with van der Waals surface area (Å²) in [5, 5.41) is 3.08. The van der Waals surface area contributed by atoms with Crippen molar-refractivity contribution in [3.63, 3.8) is 0 Å². The SMILES string of the molecule is CC(C)(C)NC(=O)[C@@H](Cc1ccccc1)N(Cc1ccccc1)C(=O)COc1ccc(C(C)(C)C)cc1. The van der Waals surface area contributed by atoms with E-state index in [4.69, 9.17) is 4.74 Å². The van der Waals surface area contributed by atoms with Crippen LogP contribution in [0.4, 0.5) is 0 Å². The van der Waals surface area contributed by atoms with Crippen molar-refractivity contribution in [2.75, 3.05) is 6.61 Å². The summed E-state index contributed by atoms with van der Waals surface area (Å²) >= 11 is 0. The lowest BCUT2D eigenvalue weighted by atomic mass is 9.87. The van der Waals surface area contributed by atoms with E-state index in [0.717, 1.165) is 11.1 Å². The number of carbonyl (C=O) groups excluding carboxylic acids is 2. The molecular weight excluding hydrogens is 460 g/mol. The number of carbonyl (C=O) groups is 2. The molecule has 1 N–H and O–H groups in total. The highest BCUT2D eigenvalue weighted by atomic mass is 16.5. The zero-order chi connectivity index (χ0) is 27.1. The summed E-state index contributed by atoms with van der Waals surface area (Å²) in [7, 11) is 0. The molecular formula is C32H40N2O3. The van der Waals surface area contributed by atoms with Crippen molar-refractivity contribution < 1.29 is 14.3 Å². The van der Waals surface area contributed by atoms with E-state index in [-0.39, 0.29) is 23.8 Å². The molecule has 5 nitrogen and oxygen atoms in total. The quantitative estimate of drug-likeness (QED) is 0.397. The van der Waals surface area contributed by atoms with E-state index in [2.05, 4.69) is 26.1 Å². The van der Waals surface area contributed by atoms with Gasteiger partial charge in [-0.2, -0.15) is 0 Å². The van der Waals surface area contributed by atoms with Gasteiger partial charge in [0.05, 0.1) is 0 Å². The Morgan fingerprint density at radius 2 is 1.32 bits per heavy atom. The lowest BCUT2D eigenvalue weighted by Gasteiger charge is -2.33. The molecule has 5 heteroatoms. The van der Waals surface area contributed by atoms with Gasteiger partial charge in [-0.15, -0.1) is 0 Å². The van der Waals surface area contributed by atoms with Crippen molar-refractivity contribution in [3.8, 4) is 5.75 Å². The first-order chi connectivity index (χ1) is 17.4. The smallest absolute Gasteiger partial charge is 0.261 e. The van der Waals surface area contributed by atoms with Crippen LogP contribution in [-0.2, 0) is 28.0 Å². The molecule has 1 atom stereocenters. The van der Waals surface area contributed by atoms with Gasteiger partial charge >= 0.3 is 0 Å². The zero-order valence-electron chi connectivity index (χ0n) is 23.0. The number of hydrogen-bond acceptors (Lipinski definition) is 3. The summed E-state index contributed by atoms with van der Waals surface area (Å²) in [5.41, 5.74) is 2.73. The van der Waals surface area contributed by atoms with Gasteiger partial charge in [-0.3, -0.25) is 9.59 Å². The maximum atomic E-state index is 13.7. The van der Waals surface area contributed by atoms with Gasteiger partial charge in [0.15, 0.2) is 6.61 Å². The van der Waals surface area contributed by atoms with Crippen LogP contribution in [0.2, 0.25) is 0 Å². The van der Waals surface area contributed by atoms with E-state index in [1.54, 1.807) is 4.90 Å². The molecule has 0 saturated heterocycles. The van der Waals surface area contributed by atoms with Crippen LogP contribution in [0.3, 0.4) is 0 Å². The molecule has 0 fully saturated rings. The molecule has 0 bridgehead atoms. The standard InChI is InChI=1S/C32H40N2O3/c1-31(2,3)26-17-19-27(20-18-26)37-23-29(35)34(22-25-15-11-8-12-16-25)28(30(36)33-32(4,5)6)21-24-13-9-7-10-14-24/h7-20,28H,21-23H2,1-6H3,(H,33,36)/t28-/m1/s1. The number of nitrogens with zero attached hydrogens (tertiary/aromatic N) is 1. The van der Waals surface area contributed by atoms with Crippen LogP contribution in [0.1, 0.15) is 58.2 Å². The number of ether oxygens (including phenoxy) is 1. The molecule has 37 heavy (non-hydrogen) atoms. The molecule has 0 aliphatic carbocycles. The third-order valence-corrected chi connectivity index (χ3v) is 6.05. The Morgan fingerprint density at radius 1 is 0.784 bits per heavy atom. The van der Waals surface area contributed by atoms with E-state index >= 15 is 0 Å². The molecule has 0 aliphatic heterocycles. The summed E-state index contributed by atoms with van der Waals surface area (Å²) < 4.78 is 5.91. The molecule has 3 aromatic rings. The topological polar surface area (TPSA) is 58.6 Å². The van der Waals surface area contributed by atoms with Crippen LogP contribution in [-0.4, -0.2) is 34.9 Å². The van der Waals surface area contributed by atoms with Crippen molar-refractivity contribution in [2.45, 2.75) is 71.5 Å². The fourth-order valence-electron chi connectivity index (χ4n) is 4.07. The van der Waals surface area contributed by atoms with E-state index in [1.165, 1.54) is 5.56 Å². The number of hydrogen-bond donors (Lipinski definition) is 1. The van der Waals surface area contributed by atoms with Crippen molar-refractivity contribution in [3.05, 3.63) is 102 Å². The van der Waals surface area contributed by atoms with Crippen molar-refractivity contribution in [2.24, 2.45) is 0 Å². The fraction of sp³-hybridized carbons (Fsp3) is 0.375. The number of benzene rings is 3. The Hall–Kier alpha value is -3.60. The van der Waals surface area contributed by atoms with E-state index in [1.807, 2.05) is 106 Å². The number of amides is 2. The highest BCUT2D eigenvalue weighted by Gasteiger charge is 2.32. The first-order valence-electron chi connectivity index (χ1n) is 12.8. The van der Waals surface area contributed by atoms with Gasteiger partial charge in [0.25, 0.3) is 5.91 Å². The minimum absolute atomic E-state index is 0.0336.